The Labute approximate surface area is 133 Å². The monoisotopic (exact) mass is 315 g/mol. The van der Waals surface area contributed by atoms with Crippen molar-refractivity contribution in [2.24, 2.45) is 11.1 Å². The molecule has 0 radical (unpaired) electrons. The molecule has 1 unspecified atom stereocenters. The molecule has 22 heavy (non-hydrogen) atoms. The maximum atomic E-state index is 12.7. The van der Waals surface area contributed by atoms with E-state index in [1.54, 1.807) is 5.51 Å². The van der Waals surface area contributed by atoms with Crippen LogP contribution >= 0.6 is 11.3 Å². The number of carbonyl (C=O) groups is 1. The molecule has 0 saturated carbocycles. The van der Waals surface area contributed by atoms with Crippen LogP contribution < -0.4 is 5.73 Å². The number of hydrogen-bond acceptors (Lipinski definition) is 6. The summed E-state index contributed by atoms with van der Waals surface area (Å²) in [5.74, 6) is 0.300. The highest BCUT2D eigenvalue weighted by atomic mass is 32.1. The minimum absolute atomic E-state index is 0.0318. The lowest BCUT2D eigenvalue weighted by Crippen LogP contribution is -2.33. The lowest BCUT2D eigenvalue weighted by atomic mass is 9.71. The zero-order valence-electron chi connectivity index (χ0n) is 12.8. The van der Waals surface area contributed by atoms with Gasteiger partial charge in [0, 0.05) is 23.3 Å². The number of nitrogens with zero attached hydrogens (tertiary/aromatic N) is 2. The topological polar surface area (TPSA) is 89.0 Å². The SMILES string of the molecule is Cc1ncsc1C1C(C#N)=C(N)OC2=C1C(=O)CC(C)(C)C2. The van der Waals surface area contributed by atoms with Crippen molar-refractivity contribution in [1.29, 1.82) is 5.26 Å². The van der Waals surface area contributed by atoms with Crippen LogP contribution in [0.2, 0.25) is 0 Å². The lowest BCUT2D eigenvalue weighted by Gasteiger charge is -2.36. The van der Waals surface area contributed by atoms with E-state index in [1.165, 1.54) is 11.3 Å². The second kappa shape index (κ2) is 4.96. The van der Waals surface area contributed by atoms with Gasteiger partial charge in [-0.15, -0.1) is 11.3 Å². The van der Waals surface area contributed by atoms with E-state index >= 15 is 0 Å². The highest BCUT2D eigenvalue weighted by Crippen LogP contribution is 2.48. The average molecular weight is 315 g/mol. The molecule has 3 rings (SSSR count). The third kappa shape index (κ3) is 2.22. The Hall–Kier alpha value is -2.13. The normalized spacial score (nSPS) is 23.9. The highest BCUT2D eigenvalue weighted by Gasteiger charge is 2.43. The van der Waals surface area contributed by atoms with Crippen LogP contribution in [0.4, 0.5) is 0 Å². The number of aryl methyl sites for hydroxylation is 1. The Morgan fingerprint density at radius 3 is 2.82 bits per heavy atom. The molecule has 2 aliphatic rings. The van der Waals surface area contributed by atoms with Gasteiger partial charge in [-0.05, 0) is 12.3 Å². The summed E-state index contributed by atoms with van der Waals surface area (Å²) in [6, 6.07) is 2.12. The number of ether oxygens (including phenoxy) is 1. The van der Waals surface area contributed by atoms with Gasteiger partial charge >= 0.3 is 0 Å². The molecule has 0 amide bonds. The van der Waals surface area contributed by atoms with Crippen molar-refractivity contribution in [2.75, 3.05) is 0 Å². The van der Waals surface area contributed by atoms with Crippen molar-refractivity contribution in [1.82, 2.24) is 4.98 Å². The van der Waals surface area contributed by atoms with Crippen molar-refractivity contribution in [3.05, 3.63) is 38.9 Å². The summed E-state index contributed by atoms with van der Waals surface area (Å²) in [7, 11) is 0. The quantitative estimate of drug-likeness (QED) is 0.860. The molecule has 1 aliphatic heterocycles. The standard InChI is InChI=1S/C16H17N3O2S/c1-8-14(22-7-19-8)12-9(6-17)15(18)21-11-5-16(2,3)4-10(20)13(11)12/h7,12H,4-5,18H2,1-3H3. The van der Waals surface area contributed by atoms with E-state index in [9.17, 15) is 10.1 Å². The van der Waals surface area contributed by atoms with Gasteiger partial charge in [0.2, 0.25) is 5.88 Å². The Kier molecular flexibility index (Phi) is 3.33. The Balaban J connectivity index is 2.20. The highest BCUT2D eigenvalue weighted by molar-refractivity contribution is 7.09. The molecule has 1 aliphatic carbocycles. The number of allylic oxidation sites excluding steroid dienone is 3. The maximum absolute atomic E-state index is 12.7. The molecule has 2 N–H and O–H groups in total. The fraction of sp³-hybridized carbons (Fsp3) is 0.438. The first kappa shape index (κ1) is 14.8. The van der Waals surface area contributed by atoms with E-state index in [0.29, 0.717) is 29.7 Å². The van der Waals surface area contributed by atoms with Crippen LogP contribution in [0.3, 0.4) is 0 Å². The van der Waals surface area contributed by atoms with Crippen molar-refractivity contribution >= 4 is 17.1 Å². The predicted octanol–water partition coefficient (Wildman–Crippen LogP) is 2.90. The summed E-state index contributed by atoms with van der Waals surface area (Å²) >= 11 is 1.44. The molecule has 1 atom stereocenters. The van der Waals surface area contributed by atoms with E-state index in [0.717, 1.165) is 10.6 Å². The molecule has 5 nitrogen and oxygen atoms in total. The molecule has 0 fully saturated rings. The number of ketones is 1. The minimum atomic E-state index is -0.440. The zero-order valence-corrected chi connectivity index (χ0v) is 13.6. The summed E-state index contributed by atoms with van der Waals surface area (Å²) in [4.78, 5) is 17.8. The lowest BCUT2D eigenvalue weighted by molar-refractivity contribution is -0.119. The van der Waals surface area contributed by atoms with Crippen LogP contribution in [-0.4, -0.2) is 10.8 Å². The van der Waals surface area contributed by atoms with Gasteiger partial charge in [-0.2, -0.15) is 5.26 Å². The van der Waals surface area contributed by atoms with E-state index in [2.05, 4.69) is 11.1 Å². The number of thiazole rings is 1. The van der Waals surface area contributed by atoms with Crippen LogP contribution in [-0.2, 0) is 9.53 Å². The van der Waals surface area contributed by atoms with Crippen molar-refractivity contribution in [3.8, 4) is 6.07 Å². The van der Waals surface area contributed by atoms with Crippen LogP contribution in [0.1, 0.15) is 43.2 Å². The van der Waals surface area contributed by atoms with E-state index in [-0.39, 0.29) is 17.1 Å². The second-order valence-corrected chi connectivity index (χ2v) is 7.39. The van der Waals surface area contributed by atoms with Crippen LogP contribution in [0, 0.1) is 23.7 Å². The minimum Gasteiger partial charge on any atom is -0.444 e. The Morgan fingerprint density at radius 1 is 1.50 bits per heavy atom. The van der Waals surface area contributed by atoms with E-state index < -0.39 is 5.92 Å². The number of nitrogens with two attached hydrogens (primary N) is 1. The molecule has 114 valence electrons. The number of nitriles is 1. The summed E-state index contributed by atoms with van der Waals surface area (Å²) in [5.41, 5.74) is 9.22. The first-order valence-electron chi connectivity index (χ1n) is 7.08. The molecule has 0 aromatic carbocycles. The molecular formula is C16H17N3O2S. The number of hydrogen-bond donors (Lipinski definition) is 1. The molecule has 2 heterocycles. The Morgan fingerprint density at radius 2 is 2.23 bits per heavy atom. The van der Waals surface area contributed by atoms with E-state index in [1.807, 2.05) is 20.8 Å². The first-order valence-corrected chi connectivity index (χ1v) is 7.96. The second-order valence-electron chi connectivity index (χ2n) is 6.50. The van der Waals surface area contributed by atoms with Gasteiger partial charge in [0.15, 0.2) is 5.78 Å². The van der Waals surface area contributed by atoms with Gasteiger partial charge in [0.25, 0.3) is 0 Å². The fourth-order valence-corrected chi connectivity index (χ4v) is 4.05. The molecule has 1 aromatic rings. The summed E-state index contributed by atoms with van der Waals surface area (Å²) in [6.45, 7) is 5.94. The van der Waals surface area contributed by atoms with E-state index in [4.69, 9.17) is 10.5 Å². The van der Waals surface area contributed by atoms with Gasteiger partial charge < -0.3 is 10.5 Å². The maximum Gasteiger partial charge on any atom is 0.205 e. The first-order chi connectivity index (χ1) is 10.3. The third-order valence-electron chi connectivity index (χ3n) is 4.12. The summed E-state index contributed by atoms with van der Waals surface area (Å²) in [5, 5.41) is 9.48. The molecule has 0 saturated heterocycles. The number of carbonyl (C=O) groups excluding carboxylic acids is 1. The molecular weight excluding hydrogens is 298 g/mol. The van der Waals surface area contributed by atoms with Crippen LogP contribution in [0.5, 0.6) is 0 Å². The Bertz CT molecular complexity index is 765. The van der Waals surface area contributed by atoms with Gasteiger partial charge in [0.05, 0.1) is 17.1 Å². The smallest absolute Gasteiger partial charge is 0.205 e. The number of aromatic nitrogens is 1. The van der Waals surface area contributed by atoms with Crippen molar-refractivity contribution in [3.63, 3.8) is 0 Å². The van der Waals surface area contributed by atoms with Crippen molar-refractivity contribution in [2.45, 2.75) is 39.5 Å². The summed E-state index contributed by atoms with van der Waals surface area (Å²) in [6.07, 6.45) is 1.09. The van der Waals surface area contributed by atoms with Crippen molar-refractivity contribution < 1.29 is 9.53 Å². The molecule has 6 heteroatoms. The molecule has 0 bridgehead atoms. The van der Waals surface area contributed by atoms with Gasteiger partial charge in [-0.25, -0.2) is 4.98 Å². The van der Waals surface area contributed by atoms with Crippen LogP contribution in [0.25, 0.3) is 0 Å². The molecule has 1 aromatic heterocycles. The van der Waals surface area contributed by atoms with Gasteiger partial charge in [-0.1, -0.05) is 13.8 Å². The average Bonchev–Trinajstić information content (AvgIpc) is 2.81. The largest absolute Gasteiger partial charge is 0.444 e. The van der Waals surface area contributed by atoms with Gasteiger partial charge in [-0.3, -0.25) is 4.79 Å². The zero-order chi connectivity index (χ0) is 16.1. The molecule has 0 spiro atoms. The predicted molar refractivity (Wildman–Crippen MR) is 82.6 cm³/mol. The number of rotatable bonds is 1. The number of Topliss-reactive ketones (excluding diaryl/α,β-unsaturated/α-hetero) is 1. The fourth-order valence-electron chi connectivity index (χ4n) is 3.13. The third-order valence-corrected chi connectivity index (χ3v) is 5.12. The van der Waals surface area contributed by atoms with Gasteiger partial charge in [0.1, 0.15) is 17.4 Å². The van der Waals surface area contributed by atoms with Crippen LogP contribution in [0.15, 0.2) is 28.3 Å². The summed E-state index contributed by atoms with van der Waals surface area (Å²) < 4.78 is 5.65.